The molecule has 2 saturated heterocycles. The summed E-state index contributed by atoms with van der Waals surface area (Å²) in [5.41, 5.74) is 2.10. The van der Waals surface area contributed by atoms with Crippen LogP contribution in [-0.4, -0.2) is 55.3 Å². The third-order valence-corrected chi connectivity index (χ3v) is 6.03. The topological polar surface area (TPSA) is 62.5 Å². The van der Waals surface area contributed by atoms with E-state index in [4.69, 9.17) is 0 Å². The van der Waals surface area contributed by atoms with Crippen LogP contribution in [0, 0.1) is 0 Å². The molecule has 0 N–H and O–H groups in total. The van der Waals surface area contributed by atoms with Crippen molar-refractivity contribution in [1.82, 2.24) is 30.2 Å². The van der Waals surface area contributed by atoms with Crippen LogP contribution in [0.15, 0.2) is 42.5 Å². The van der Waals surface area contributed by atoms with Crippen molar-refractivity contribution in [2.45, 2.75) is 50.4 Å². The Morgan fingerprint density at radius 1 is 1.04 bits per heavy atom. The molecule has 2 aliphatic heterocycles. The fourth-order valence-electron chi connectivity index (χ4n) is 4.63. The van der Waals surface area contributed by atoms with Crippen molar-refractivity contribution in [2.24, 2.45) is 0 Å². The molecule has 0 spiro atoms. The van der Waals surface area contributed by atoms with Gasteiger partial charge in [-0.05, 0) is 53.8 Å². The van der Waals surface area contributed by atoms with E-state index in [0.29, 0.717) is 23.8 Å². The second-order valence-corrected chi connectivity index (χ2v) is 7.50. The molecule has 3 aromatic rings. The molecule has 0 saturated carbocycles. The van der Waals surface area contributed by atoms with Gasteiger partial charge in [0.2, 0.25) is 0 Å². The molecule has 5 rings (SSSR count). The molecule has 26 heavy (non-hydrogen) atoms. The maximum atomic E-state index is 4.56. The van der Waals surface area contributed by atoms with Gasteiger partial charge in [0.1, 0.15) is 0 Å². The third kappa shape index (κ3) is 2.72. The van der Waals surface area contributed by atoms with Gasteiger partial charge in [0.05, 0.1) is 0 Å². The lowest BCUT2D eigenvalue weighted by Gasteiger charge is -2.42. The minimum atomic E-state index is 0.515. The highest BCUT2D eigenvalue weighted by atomic mass is 15.6. The first kappa shape index (κ1) is 15.7. The highest BCUT2D eigenvalue weighted by molar-refractivity contribution is 5.44. The van der Waals surface area contributed by atoms with Gasteiger partial charge in [-0.1, -0.05) is 30.3 Å². The summed E-state index contributed by atoms with van der Waals surface area (Å²) in [6, 6.07) is 16.6. The van der Waals surface area contributed by atoms with Crippen LogP contribution in [0.4, 0.5) is 5.82 Å². The molecule has 0 amide bonds. The zero-order chi connectivity index (χ0) is 17.5. The molecular weight excluding hydrogens is 326 g/mol. The molecular formula is C19H23N7. The van der Waals surface area contributed by atoms with E-state index < -0.39 is 0 Å². The minimum Gasteiger partial charge on any atom is -0.355 e. The number of hydrogen-bond acceptors (Lipinski definition) is 6. The van der Waals surface area contributed by atoms with Crippen LogP contribution in [0.1, 0.15) is 31.2 Å². The third-order valence-electron chi connectivity index (χ3n) is 6.03. The molecule has 2 atom stereocenters. The van der Waals surface area contributed by atoms with Crippen molar-refractivity contribution in [3.8, 4) is 0 Å². The van der Waals surface area contributed by atoms with Gasteiger partial charge < -0.3 is 4.90 Å². The molecule has 2 bridgehead atoms. The summed E-state index contributed by atoms with van der Waals surface area (Å²) in [4.78, 5) is 5.03. The van der Waals surface area contributed by atoms with Crippen LogP contribution < -0.4 is 4.90 Å². The quantitative estimate of drug-likeness (QED) is 0.719. The Morgan fingerprint density at radius 2 is 1.81 bits per heavy atom. The lowest BCUT2D eigenvalue weighted by molar-refractivity contribution is 0.118. The second-order valence-electron chi connectivity index (χ2n) is 7.50. The van der Waals surface area contributed by atoms with Crippen LogP contribution in [0.25, 0.3) is 5.65 Å². The molecule has 134 valence electrons. The van der Waals surface area contributed by atoms with Crippen LogP contribution in [0.5, 0.6) is 0 Å². The second kappa shape index (κ2) is 6.32. The fourth-order valence-corrected chi connectivity index (χ4v) is 4.63. The summed E-state index contributed by atoms with van der Waals surface area (Å²) in [5.74, 6) is 0.936. The summed E-state index contributed by atoms with van der Waals surface area (Å²) in [7, 11) is 2.15. The van der Waals surface area contributed by atoms with Gasteiger partial charge in [-0.15, -0.1) is 14.8 Å². The predicted octanol–water partition coefficient (Wildman–Crippen LogP) is 2.15. The monoisotopic (exact) mass is 349 g/mol. The summed E-state index contributed by atoms with van der Waals surface area (Å²) >= 11 is 0. The van der Waals surface area contributed by atoms with Crippen molar-refractivity contribution < 1.29 is 0 Å². The van der Waals surface area contributed by atoms with Crippen molar-refractivity contribution in [2.75, 3.05) is 11.9 Å². The highest BCUT2D eigenvalue weighted by Crippen LogP contribution is 2.39. The van der Waals surface area contributed by atoms with Crippen LogP contribution >= 0.6 is 0 Å². The Kier molecular flexibility index (Phi) is 3.81. The number of benzene rings is 1. The maximum Gasteiger partial charge on any atom is 0.200 e. The fraction of sp³-hybridized carbons (Fsp3) is 0.474. The average Bonchev–Trinajstić information content (AvgIpc) is 3.22. The van der Waals surface area contributed by atoms with Crippen molar-refractivity contribution in [3.63, 3.8) is 0 Å². The first-order chi connectivity index (χ1) is 12.8. The molecule has 4 heterocycles. The zero-order valence-electron chi connectivity index (χ0n) is 14.9. The van der Waals surface area contributed by atoms with Crippen LogP contribution in [0.3, 0.4) is 0 Å². The van der Waals surface area contributed by atoms with Crippen molar-refractivity contribution >= 4 is 11.5 Å². The Balaban J connectivity index is 1.32. The van der Waals surface area contributed by atoms with Gasteiger partial charge in [0.15, 0.2) is 11.5 Å². The lowest BCUT2D eigenvalue weighted by Crippen LogP contribution is -2.49. The maximum absolute atomic E-state index is 4.56. The van der Waals surface area contributed by atoms with E-state index in [-0.39, 0.29) is 0 Å². The minimum absolute atomic E-state index is 0.515. The van der Waals surface area contributed by atoms with Crippen molar-refractivity contribution in [3.05, 3.63) is 48.0 Å². The first-order valence-electron chi connectivity index (χ1n) is 9.36. The van der Waals surface area contributed by atoms with Crippen molar-refractivity contribution in [1.29, 1.82) is 0 Å². The van der Waals surface area contributed by atoms with Gasteiger partial charge in [-0.2, -0.15) is 0 Å². The Hall–Kier alpha value is -2.54. The molecule has 2 fully saturated rings. The molecule has 0 aliphatic carbocycles. The average molecular weight is 349 g/mol. The predicted molar refractivity (Wildman–Crippen MR) is 98.8 cm³/mol. The van der Waals surface area contributed by atoms with Gasteiger partial charge in [-0.3, -0.25) is 4.90 Å². The van der Waals surface area contributed by atoms with E-state index in [1.165, 1.54) is 35.9 Å². The number of anilines is 1. The Bertz CT molecular complexity index is 879. The summed E-state index contributed by atoms with van der Waals surface area (Å²) < 4.78 is 1.50. The van der Waals surface area contributed by atoms with E-state index >= 15 is 0 Å². The molecule has 2 unspecified atom stereocenters. The molecule has 0 radical (unpaired) electrons. The molecule has 7 nitrogen and oxygen atoms in total. The van der Waals surface area contributed by atoms with Gasteiger partial charge >= 0.3 is 0 Å². The zero-order valence-corrected chi connectivity index (χ0v) is 14.9. The number of aromatic nitrogens is 5. The largest absolute Gasteiger partial charge is 0.355 e. The SMILES string of the molecule is CN(c1ccc2nnnn2n1)C1CC2CCC(C1)N2Cc1ccccc1. The van der Waals surface area contributed by atoms with Crippen LogP contribution in [-0.2, 0) is 6.54 Å². The Labute approximate surface area is 152 Å². The standard InChI is InChI=1S/C19H23N7/c1-24(19-10-9-18-20-22-23-26(18)21-19)17-11-15-7-8-16(12-17)25(15)13-14-5-3-2-4-6-14/h2-6,9-10,15-17H,7-8,11-13H2,1H3. The van der Waals surface area contributed by atoms with E-state index in [2.05, 4.69) is 67.8 Å². The Morgan fingerprint density at radius 3 is 2.58 bits per heavy atom. The molecule has 2 aliphatic rings. The number of hydrogen-bond donors (Lipinski definition) is 0. The lowest BCUT2D eigenvalue weighted by atomic mass is 9.95. The molecule has 2 aromatic heterocycles. The van der Waals surface area contributed by atoms with Gasteiger partial charge in [-0.25, -0.2) is 0 Å². The van der Waals surface area contributed by atoms with Crippen LogP contribution in [0.2, 0.25) is 0 Å². The number of fused-ring (bicyclic) bond motifs is 3. The van der Waals surface area contributed by atoms with Gasteiger partial charge in [0, 0.05) is 31.7 Å². The van der Waals surface area contributed by atoms with E-state index in [1.54, 1.807) is 0 Å². The molecule has 7 heteroatoms. The smallest absolute Gasteiger partial charge is 0.200 e. The number of rotatable bonds is 4. The summed E-state index contributed by atoms with van der Waals surface area (Å²) in [6.45, 7) is 1.07. The first-order valence-corrected chi connectivity index (χ1v) is 9.36. The summed E-state index contributed by atoms with van der Waals surface area (Å²) in [6.07, 6.45) is 4.99. The normalized spacial score (nSPS) is 25.7. The molecule has 1 aromatic carbocycles. The van der Waals surface area contributed by atoms with Gasteiger partial charge in [0.25, 0.3) is 0 Å². The van der Waals surface area contributed by atoms with E-state index in [9.17, 15) is 0 Å². The van der Waals surface area contributed by atoms with E-state index in [0.717, 1.165) is 12.4 Å². The number of nitrogens with zero attached hydrogens (tertiary/aromatic N) is 7. The summed E-state index contributed by atoms with van der Waals surface area (Å²) in [5, 5.41) is 16.1. The highest BCUT2D eigenvalue weighted by Gasteiger charge is 2.41. The number of tetrazole rings is 1. The number of piperidine rings is 1. The van der Waals surface area contributed by atoms with E-state index in [1.807, 2.05) is 12.1 Å².